The molecule has 1 unspecified atom stereocenters. The molecule has 0 bridgehead atoms. The number of carbonyl (C=O) groups excluding carboxylic acids is 1. The molecule has 3 nitrogen and oxygen atoms in total. The lowest BCUT2D eigenvalue weighted by Crippen LogP contribution is -2.41. The van der Waals surface area contributed by atoms with E-state index in [9.17, 15) is 9.18 Å². The van der Waals surface area contributed by atoms with Gasteiger partial charge in [-0.3, -0.25) is 4.79 Å². The summed E-state index contributed by atoms with van der Waals surface area (Å²) in [5, 5.41) is 3.40. The Bertz CT molecular complexity index is 475. The van der Waals surface area contributed by atoms with Gasteiger partial charge in [0.1, 0.15) is 5.82 Å². The molecule has 0 aromatic heterocycles. The van der Waals surface area contributed by atoms with E-state index in [2.05, 4.69) is 21.2 Å². The fourth-order valence-electron chi connectivity index (χ4n) is 2.56. The number of rotatable bonds is 5. The highest BCUT2D eigenvalue weighted by atomic mass is 79.9. The van der Waals surface area contributed by atoms with Crippen molar-refractivity contribution in [2.24, 2.45) is 0 Å². The summed E-state index contributed by atoms with van der Waals surface area (Å²) in [6.45, 7) is 4.45. The van der Waals surface area contributed by atoms with Crippen molar-refractivity contribution in [3.05, 3.63) is 34.1 Å². The molecule has 0 radical (unpaired) electrons. The number of nitrogens with zero attached hydrogens (tertiary/aromatic N) is 1. The van der Waals surface area contributed by atoms with Crippen LogP contribution in [0.15, 0.2) is 22.7 Å². The Labute approximate surface area is 127 Å². The Kier molecular flexibility index (Phi) is 5.54. The van der Waals surface area contributed by atoms with Crippen molar-refractivity contribution >= 4 is 21.8 Å². The fraction of sp³-hybridized carbons (Fsp3) is 0.533. The number of carbonyl (C=O) groups is 1. The molecule has 1 heterocycles. The molecule has 110 valence electrons. The summed E-state index contributed by atoms with van der Waals surface area (Å²) in [6, 6.07) is 4.60. The van der Waals surface area contributed by atoms with Crippen LogP contribution in [0.2, 0.25) is 0 Å². The third kappa shape index (κ3) is 3.79. The highest BCUT2D eigenvalue weighted by molar-refractivity contribution is 9.10. The molecule has 0 aliphatic carbocycles. The van der Waals surface area contributed by atoms with Crippen LogP contribution in [-0.2, 0) is 0 Å². The number of halogens is 2. The topological polar surface area (TPSA) is 32.3 Å². The van der Waals surface area contributed by atoms with Gasteiger partial charge in [0, 0.05) is 23.6 Å². The van der Waals surface area contributed by atoms with E-state index in [1.807, 2.05) is 11.8 Å². The predicted molar refractivity (Wildman–Crippen MR) is 81.3 cm³/mol. The number of hydrogen-bond acceptors (Lipinski definition) is 2. The van der Waals surface area contributed by atoms with Gasteiger partial charge in [0.25, 0.3) is 5.91 Å². The summed E-state index contributed by atoms with van der Waals surface area (Å²) < 4.78 is 14.0. The average molecular weight is 343 g/mol. The largest absolute Gasteiger partial charge is 0.337 e. The van der Waals surface area contributed by atoms with Gasteiger partial charge in [0.2, 0.25) is 0 Å². The molecule has 1 fully saturated rings. The number of benzene rings is 1. The minimum atomic E-state index is -0.382. The molecule has 0 spiro atoms. The van der Waals surface area contributed by atoms with Crippen molar-refractivity contribution in [3.63, 3.8) is 0 Å². The molecular weight excluding hydrogens is 323 g/mol. The minimum Gasteiger partial charge on any atom is -0.337 e. The molecule has 0 saturated carbocycles. The molecule has 5 heteroatoms. The van der Waals surface area contributed by atoms with Gasteiger partial charge in [-0.2, -0.15) is 0 Å². The summed E-state index contributed by atoms with van der Waals surface area (Å²) in [4.78, 5) is 14.4. The smallest absolute Gasteiger partial charge is 0.255 e. The van der Waals surface area contributed by atoms with E-state index in [4.69, 9.17) is 0 Å². The maximum absolute atomic E-state index is 13.4. The Morgan fingerprint density at radius 2 is 2.35 bits per heavy atom. The SMILES string of the molecule is CCCN(CC1CCCN1)C(=O)c1cc(F)ccc1Br. The Balaban J connectivity index is 2.14. The van der Waals surface area contributed by atoms with Crippen LogP contribution in [0.5, 0.6) is 0 Å². The van der Waals surface area contributed by atoms with Gasteiger partial charge in [0.05, 0.1) is 5.56 Å². The highest BCUT2D eigenvalue weighted by Gasteiger charge is 2.23. The lowest BCUT2D eigenvalue weighted by Gasteiger charge is -2.26. The molecule has 1 aromatic rings. The molecule has 1 N–H and O–H groups in total. The molecule has 1 aliphatic rings. The summed E-state index contributed by atoms with van der Waals surface area (Å²) in [5.74, 6) is -0.487. The van der Waals surface area contributed by atoms with Crippen LogP contribution in [0.4, 0.5) is 4.39 Å². The Morgan fingerprint density at radius 1 is 1.55 bits per heavy atom. The van der Waals surface area contributed by atoms with Crippen molar-refractivity contribution in [2.75, 3.05) is 19.6 Å². The van der Waals surface area contributed by atoms with Gasteiger partial charge in [-0.15, -0.1) is 0 Å². The van der Waals surface area contributed by atoms with Crippen LogP contribution in [0, 0.1) is 5.82 Å². The first-order valence-electron chi connectivity index (χ1n) is 7.09. The first kappa shape index (κ1) is 15.4. The Hall–Kier alpha value is -0.940. The van der Waals surface area contributed by atoms with E-state index < -0.39 is 0 Å². The highest BCUT2D eigenvalue weighted by Crippen LogP contribution is 2.20. The van der Waals surface area contributed by atoms with Crippen LogP contribution < -0.4 is 5.32 Å². The maximum atomic E-state index is 13.4. The van der Waals surface area contributed by atoms with Crippen molar-refractivity contribution in [3.8, 4) is 0 Å². The molecule has 1 atom stereocenters. The quantitative estimate of drug-likeness (QED) is 0.891. The van der Waals surface area contributed by atoms with Crippen LogP contribution in [-0.4, -0.2) is 36.5 Å². The van der Waals surface area contributed by atoms with Gasteiger partial charge in [-0.1, -0.05) is 6.92 Å². The first-order valence-corrected chi connectivity index (χ1v) is 7.89. The zero-order chi connectivity index (χ0) is 14.5. The van der Waals surface area contributed by atoms with Gasteiger partial charge in [0.15, 0.2) is 0 Å². The van der Waals surface area contributed by atoms with Gasteiger partial charge in [-0.05, 0) is 59.9 Å². The standard InChI is InChI=1S/C15H20BrFN2O/c1-2-8-19(10-12-4-3-7-18-12)15(20)13-9-11(17)5-6-14(13)16/h5-6,9,12,18H,2-4,7-8,10H2,1H3. The molecule has 2 rings (SSSR count). The van der Waals surface area contributed by atoms with Gasteiger partial charge < -0.3 is 10.2 Å². The lowest BCUT2D eigenvalue weighted by atomic mass is 10.1. The van der Waals surface area contributed by atoms with Crippen molar-refractivity contribution < 1.29 is 9.18 Å². The second-order valence-electron chi connectivity index (χ2n) is 5.17. The van der Waals surface area contributed by atoms with Crippen molar-refractivity contribution in [1.82, 2.24) is 10.2 Å². The summed E-state index contributed by atoms with van der Waals surface area (Å²) in [6.07, 6.45) is 3.14. The third-order valence-corrected chi connectivity index (χ3v) is 4.23. The molecule has 1 saturated heterocycles. The Morgan fingerprint density at radius 3 is 3.00 bits per heavy atom. The lowest BCUT2D eigenvalue weighted by molar-refractivity contribution is 0.0740. The second-order valence-corrected chi connectivity index (χ2v) is 6.02. The zero-order valence-corrected chi connectivity index (χ0v) is 13.2. The molecule has 1 amide bonds. The van der Waals surface area contributed by atoms with E-state index in [0.29, 0.717) is 29.2 Å². The van der Waals surface area contributed by atoms with E-state index in [1.54, 1.807) is 6.07 Å². The van der Waals surface area contributed by atoms with Crippen LogP contribution in [0.25, 0.3) is 0 Å². The van der Waals surface area contributed by atoms with Crippen molar-refractivity contribution in [2.45, 2.75) is 32.2 Å². The van der Waals surface area contributed by atoms with E-state index >= 15 is 0 Å². The number of nitrogens with one attached hydrogen (secondary N) is 1. The van der Waals surface area contributed by atoms with E-state index in [-0.39, 0.29) is 11.7 Å². The third-order valence-electron chi connectivity index (χ3n) is 3.54. The van der Waals surface area contributed by atoms with Crippen LogP contribution >= 0.6 is 15.9 Å². The molecule has 20 heavy (non-hydrogen) atoms. The number of amides is 1. The minimum absolute atomic E-state index is 0.105. The van der Waals surface area contributed by atoms with Crippen molar-refractivity contribution in [1.29, 1.82) is 0 Å². The average Bonchev–Trinajstić information content (AvgIpc) is 2.93. The van der Waals surface area contributed by atoms with Crippen LogP contribution in [0.3, 0.4) is 0 Å². The second kappa shape index (κ2) is 7.18. The monoisotopic (exact) mass is 342 g/mol. The van der Waals surface area contributed by atoms with E-state index in [1.165, 1.54) is 12.1 Å². The van der Waals surface area contributed by atoms with Gasteiger partial charge in [-0.25, -0.2) is 4.39 Å². The molecule has 1 aliphatic heterocycles. The van der Waals surface area contributed by atoms with Crippen LogP contribution in [0.1, 0.15) is 36.5 Å². The zero-order valence-electron chi connectivity index (χ0n) is 11.7. The first-order chi connectivity index (χ1) is 9.61. The van der Waals surface area contributed by atoms with Gasteiger partial charge >= 0.3 is 0 Å². The van der Waals surface area contributed by atoms with E-state index in [0.717, 1.165) is 25.8 Å². The molecular formula is C15H20BrFN2O. The maximum Gasteiger partial charge on any atom is 0.255 e. The fourth-order valence-corrected chi connectivity index (χ4v) is 2.97. The number of hydrogen-bond donors (Lipinski definition) is 1. The molecule has 1 aromatic carbocycles. The summed E-state index contributed by atoms with van der Waals surface area (Å²) >= 11 is 3.33. The predicted octanol–water partition coefficient (Wildman–Crippen LogP) is 3.19. The summed E-state index contributed by atoms with van der Waals surface area (Å²) in [5.41, 5.74) is 0.399. The summed E-state index contributed by atoms with van der Waals surface area (Å²) in [7, 11) is 0. The normalized spacial score (nSPS) is 18.2.